The van der Waals surface area contributed by atoms with Crippen molar-refractivity contribution in [1.82, 2.24) is 0 Å². The summed E-state index contributed by atoms with van der Waals surface area (Å²) in [7, 11) is -3.43. The molecule has 78 valence electrons. The van der Waals surface area contributed by atoms with Crippen LogP contribution in [0.3, 0.4) is 0 Å². The van der Waals surface area contributed by atoms with Gasteiger partial charge in [0.2, 0.25) is 0 Å². The molecule has 1 rings (SSSR count). The molecule has 1 aromatic rings. The summed E-state index contributed by atoms with van der Waals surface area (Å²) in [5, 5.41) is 0. The Labute approximate surface area is 97.7 Å². The molecule has 0 radical (unpaired) electrons. The fourth-order valence-electron chi connectivity index (χ4n) is 1.01. The molecule has 14 heavy (non-hydrogen) atoms. The molecule has 0 atom stereocenters. The van der Waals surface area contributed by atoms with E-state index in [0.29, 0.717) is 5.75 Å². The fourth-order valence-corrected chi connectivity index (χ4v) is 2.12. The van der Waals surface area contributed by atoms with Crippen LogP contribution in [-0.2, 0) is 14.5 Å². The molecular weight excluding hydrogens is 315 g/mol. The Morgan fingerprint density at radius 1 is 1.43 bits per heavy atom. The molecule has 0 spiro atoms. The minimum absolute atomic E-state index is 0.432. The van der Waals surface area contributed by atoms with Crippen molar-refractivity contribution in [3.8, 4) is 5.75 Å². The first kappa shape index (κ1) is 11.8. The van der Waals surface area contributed by atoms with Gasteiger partial charge in [-0.3, -0.25) is 0 Å². The van der Waals surface area contributed by atoms with E-state index in [2.05, 4.69) is 22.6 Å². The van der Waals surface area contributed by atoms with Gasteiger partial charge in [0, 0.05) is 9.99 Å². The van der Waals surface area contributed by atoms with Crippen molar-refractivity contribution in [1.29, 1.82) is 0 Å². The lowest BCUT2D eigenvalue weighted by molar-refractivity contribution is 0.491. The van der Waals surface area contributed by atoms with Crippen molar-refractivity contribution in [2.24, 2.45) is 0 Å². The number of benzene rings is 1. The Hall–Kier alpha value is -0.300. The summed E-state index contributed by atoms with van der Waals surface area (Å²) in [5.74, 6) is 0.432. The first-order valence-electron chi connectivity index (χ1n) is 3.97. The largest absolute Gasteiger partial charge is 0.382 e. The number of aryl methyl sites for hydroxylation is 1. The van der Waals surface area contributed by atoms with E-state index >= 15 is 0 Å². The third-order valence-corrected chi connectivity index (χ3v) is 2.91. The summed E-state index contributed by atoms with van der Waals surface area (Å²) < 4.78 is 27.5. The van der Waals surface area contributed by atoms with Crippen LogP contribution in [0.2, 0.25) is 0 Å². The van der Waals surface area contributed by atoms with Crippen LogP contribution in [-0.4, -0.2) is 14.7 Å². The summed E-state index contributed by atoms with van der Waals surface area (Å²) in [4.78, 5) is 0. The summed E-state index contributed by atoms with van der Waals surface area (Å²) in [6.07, 6.45) is 1.05. The van der Waals surface area contributed by atoms with Gasteiger partial charge >= 0.3 is 10.1 Å². The molecule has 0 saturated heterocycles. The van der Waals surface area contributed by atoms with Crippen LogP contribution in [0.4, 0.5) is 0 Å². The van der Waals surface area contributed by atoms with Gasteiger partial charge < -0.3 is 4.18 Å². The summed E-state index contributed by atoms with van der Waals surface area (Å²) in [6.45, 7) is 1.89. The average Bonchev–Trinajstić information content (AvgIpc) is 2.01. The normalized spacial score (nSPS) is 11.4. The van der Waals surface area contributed by atoms with Crippen molar-refractivity contribution in [3.63, 3.8) is 0 Å². The number of alkyl halides is 1. The van der Waals surface area contributed by atoms with Gasteiger partial charge in [0.05, 0.1) is 6.26 Å². The first-order valence-corrected chi connectivity index (χ1v) is 7.31. The van der Waals surface area contributed by atoms with E-state index < -0.39 is 10.1 Å². The minimum Gasteiger partial charge on any atom is -0.382 e. The van der Waals surface area contributed by atoms with E-state index in [1.165, 1.54) is 0 Å². The molecule has 0 fully saturated rings. The Morgan fingerprint density at radius 3 is 2.57 bits per heavy atom. The van der Waals surface area contributed by atoms with Crippen molar-refractivity contribution in [2.45, 2.75) is 11.4 Å². The van der Waals surface area contributed by atoms with Gasteiger partial charge in [-0.25, -0.2) is 0 Å². The number of hydrogen-bond acceptors (Lipinski definition) is 3. The Kier molecular flexibility index (Phi) is 3.77. The van der Waals surface area contributed by atoms with E-state index in [9.17, 15) is 8.42 Å². The zero-order valence-corrected chi connectivity index (χ0v) is 10.9. The predicted octanol–water partition coefficient (Wildman–Crippen LogP) is 2.27. The summed E-state index contributed by atoms with van der Waals surface area (Å²) >= 11 is 2.17. The summed E-state index contributed by atoms with van der Waals surface area (Å²) in [5.41, 5.74) is 1.87. The van der Waals surface area contributed by atoms with E-state index in [1.807, 2.05) is 19.1 Å². The van der Waals surface area contributed by atoms with E-state index in [0.717, 1.165) is 21.8 Å². The van der Waals surface area contributed by atoms with Gasteiger partial charge in [0.1, 0.15) is 5.75 Å². The topological polar surface area (TPSA) is 43.4 Å². The fraction of sp³-hybridized carbons (Fsp3) is 0.333. The first-order chi connectivity index (χ1) is 6.42. The van der Waals surface area contributed by atoms with Crippen molar-refractivity contribution in [3.05, 3.63) is 29.3 Å². The number of hydrogen-bond donors (Lipinski definition) is 0. The number of halogens is 1. The zero-order chi connectivity index (χ0) is 10.8. The van der Waals surface area contributed by atoms with Gasteiger partial charge in [0.25, 0.3) is 0 Å². The predicted molar refractivity (Wildman–Crippen MR) is 64.4 cm³/mol. The molecule has 0 aliphatic heterocycles. The van der Waals surface area contributed by atoms with Crippen LogP contribution < -0.4 is 4.18 Å². The van der Waals surface area contributed by atoms with Crippen LogP contribution in [0.15, 0.2) is 18.2 Å². The van der Waals surface area contributed by atoms with Crippen molar-refractivity contribution in [2.75, 3.05) is 6.26 Å². The zero-order valence-electron chi connectivity index (χ0n) is 7.95. The Morgan fingerprint density at radius 2 is 2.07 bits per heavy atom. The monoisotopic (exact) mass is 326 g/mol. The number of rotatable bonds is 3. The Bertz CT molecular complexity index is 426. The molecule has 0 heterocycles. The third-order valence-electron chi connectivity index (χ3n) is 1.61. The highest BCUT2D eigenvalue weighted by Gasteiger charge is 2.08. The second-order valence-corrected chi connectivity index (χ2v) is 5.37. The summed E-state index contributed by atoms with van der Waals surface area (Å²) in [6, 6.07) is 5.54. The minimum atomic E-state index is -3.43. The molecule has 0 N–H and O–H groups in total. The van der Waals surface area contributed by atoms with Gasteiger partial charge in [-0.1, -0.05) is 34.7 Å². The van der Waals surface area contributed by atoms with Gasteiger partial charge in [-0.05, 0) is 18.6 Å². The maximum atomic E-state index is 11.0. The highest BCUT2D eigenvalue weighted by Crippen LogP contribution is 2.23. The van der Waals surface area contributed by atoms with E-state index in [4.69, 9.17) is 4.18 Å². The van der Waals surface area contributed by atoms with E-state index in [-0.39, 0.29) is 0 Å². The van der Waals surface area contributed by atoms with Gasteiger partial charge in [-0.2, -0.15) is 8.42 Å². The molecule has 5 heteroatoms. The maximum absolute atomic E-state index is 11.0. The second-order valence-electron chi connectivity index (χ2n) is 3.03. The van der Waals surface area contributed by atoms with Crippen LogP contribution in [0, 0.1) is 6.92 Å². The molecular formula is C9H11IO3S. The SMILES string of the molecule is Cc1ccc(CI)c(OS(C)(=O)=O)c1. The highest BCUT2D eigenvalue weighted by atomic mass is 127. The quantitative estimate of drug-likeness (QED) is 0.486. The molecule has 0 aliphatic rings. The lowest BCUT2D eigenvalue weighted by Crippen LogP contribution is -2.07. The molecule has 0 unspecified atom stereocenters. The standard InChI is InChI=1S/C9H11IO3S/c1-7-3-4-8(6-10)9(5-7)13-14(2,11)12/h3-5H,6H2,1-2H3. The smallest absolute Gasteiger partial charge is 0.306 e. The molecule has 0 amide bonds. The molecule has 0 bridgehead atoms. The highest BCUT2D eigenvalue weighted by molar-refractivity contribution is 14.1. The molecule has 0 aromatic heterocycles. The lowest BCUT2D eigenvalue weighted by Gasteiger charge is -2.08. The lowest BCUT2D eigenvalue weighted by atomic mass is 10.1. The van der Waals surface area contributed by atoms with Crippen LogP contribution >= 0.6 is 22.6 Å². The van der Waals surface area contributed by atoms with Crippen LogP contribution in [0.5, 0.6) is 5.75 Å². The van der Waals surface area contributed by atoms with Gasteiger partial charge in [0.15, 0.2) is 0 Å². The van der Waals surface area contributed by atoms with Crippen LogP contribution in [0.25, 0.3) is 0 Å². The Balaban J connectivity index is 3.11. The molecule has 0 aliphatic carbocycles. The van der Waals surface area contributed by atoms with Crippen molar-refractivity contribution < 1.29 is 12.6 Å². The van der Waals surface area contributed by atoms with E-state index in [1.54, 1.807) is 6.07 Å². The van der Waals surface area contributed by atoms with Gasteiger partial charge in [-0.15, -0.1) is 0 Å². The molecule has 0 saturated carbocycles. The average molecular weight is 326 g/mol. The molecule has 1 aromatic carbocycles. The van der Waals surface area contributed by atoms with Crippen LogP contribution in [0.1, 0.15) is 11.1 Å². The van der Waals surface area contributed by atoms with Crippen molar-refractivity contribution >= 4 is 32.7 Å². The molecule has 3 nitrogen and oxygen atoms in total. The third kappa shape index (κ3) is 3.45. The maximum Gasteiger partial charge on any atom is 0.306 e. The second kappa shape index (κ2) is 4.48.